The fourth-order valence-electron chi connectivity index (χ4n) is 2.63. The van der Waals surface area contributed by atoms with Gasteiger partial charge >= 0.3 is 0 Å². The van der Waals surface area contributed by atoms with E-state index in [-0.39, 0.29) is 11.6 Å². The highest BCUT2D eigenvalue weighted by Crippen LogP contribution is 2.30. The second-order valence-electron chi connectivity index (χ2n) is 5.19. The number of methoxy groups -OCH3 is 1. The number of benzene rings is 2. The van der Waals surface area contributed by atoms with E-state index in [0.29, 0.717) is 23.1 Å². The third-order valence-corrected chi connectivity index (χ3v) is 4.29. The van der Waals surface area contributed by atoms with E-state index >= 15 is 0 Å². The number of carbonyl (C=O) groups is 1. The second kappa shape index (κ2) is 6.05. The van der Waals surface area contributed by atoms with Gasteiger partial charge in [0.1, 0.15) is 11.6 Å². The molecule has 22 heavy (non-hydrogen) atoms. The van der Waals surface area contributed by atoms with Crippen LogP contribution in [0.1, 0.15) is 27.9 Å². The summed E-state index contributed by atoms with van der Waals surface area (Å²) < 4.78 is 19.8. The first-order chi connectivity index (χ1) is 10.6. The van der Waals surface area contributed by atoms with Crippen LogP contribution in [0.15, 0.2) is 46.4 Å². The first-order valence-electron chi connectivity index (χ1n) is 6.95. The molecule has 0 saturated carbocycles. The number of aryl methyl sites for hydroxylation is 1. The van der Waals surface area contributed by atoms with Crippen molar-refractivity contribution < 1.29 is 13.9 Å². The van der Waals surface area contributed by atoms with Crippen LogP contribution in [0, 0.1) is 5.82 Å². The fraction of sp³-hybridized carbons (Fsp3) is 0.167. The smallest absolute Gasteiger partial charge is 0.189 e. The maximum absolute atomic E-state index is 13.9. The van der Waals surface area contributed by atoms with Crippen LogP contribution in [0.5, 0.6) is 5.75 Å². The highest BCUT2D eigenvalue weighted by molar-refractivity contribution is 9.10. The zero-order valence-electron chi connectivity index (χ0n) is 12.0. The molecule has 0 atom stereocenters. The van der Waals surface area contributed by atoms with Gasteiger partial charge in [0, 0.05) is 21.2 Å². The second-order valence-corrected chi connectivity index (χ2v) is 6.10. The summed E-state index contributed by atoms with van der Waals surface area (Å²) in [6, 6.07) is 10.2. The van der Waals surface area contributed by atoms with Crippen LogP contribution in [-0.2, 0) is 6.42 Å². The maximum atomic E-state index is 13.9. The Kier molecular flexibility index (Phi) is 4.12. The lowest BCUT2D eigenvalue weighted by molar-refractivity contribution is 0.102. The van der Waals surface area contributed by atoms with E-state index in [1.54, 1.807) is 37.5 Å². The number of halogens is 2. The molecule has 0 unspecified atom stereocenters. The Bertz CT molecular complexity index is 781. The van der Waals surface area contributed by atoms with Gasteiger partial charge < -0.3 is 4.74 Å². The summed E-state index contributed by atoms with van der Waals surface area (Å²) in [6.45, 7) is 0. The van der Waals surface area contributed by atoms with Gasteiger partial charge in [-0.2, -0.15) is 0 Å². The summed E-state index contributed by atoms with van der Waals surface area (Å²) in [6.07, 6.45) is 3.00. The van der Waals surface area contributed by atoms with Gasteiger partial charge in [-0.05, 0) is 60.9 Å². The van der Waals surface area contributed by atoms with Crippen LogP contribution in [0.25, 0.3) is 6.08 Å². The van der Waals surface area contributed by atoms with Crippen molar-refractivity contribution in [2.45, 2.75) is 12.8 Å². The Morgan fingerprint density at radius 2 is 2.00 bits per heavy atom. The predicted molar refractivity (Wildman–Crippen MR) is 87.7 cm³/mol. The van der Waals surface area contributed by atoms with Crippen LogP contribution < -0.4 is 4.74 Å². The molecule has 2 aromatic carbocycles. The molecule has 0 bridgehead atoms. The Hall–Kier alpha value is -1.94. The molecule has 0 aliphatic heterocycles. The summed E-state index contributed by atoms with van der Waals surface area (Å²) in [5.41, 5.74) is 2.72. The molecule has 1 aliphatic carbocycles. The molecule has 0 N–H and O–H groups in total. The number of hydrogen-bond acceptors (Lipinski definition) is 2. The van der Waals surface area contributed by atoms with Crippen molar-refractivity contribution in [3.63, 3.8) is 0 Å². The molecule has 0 heterocycles. The molecule has 3 rings (SSSR count). The van der Waals surface area contributed by atoms with Crippen LogP contribution >= 0.6 is 15.9 Å². The molecule has 0 fully saturated rings. The van der Waals surface area contributed by atoms with E-state index in [4.69, 9.17) is 4.74 Å². The molecule has 0 saturated heterocycles. The van der Waals surface area contributed by atoms with E-state index in [1.807, 2.05) is 6.07 Å². The Morgan fingerprint density at radius 3 is 2.77 bits per heavy atom. The van der Waals surface area contributed by atoms with Gasteiger partial charge in [0.25, 0.3) is 0 Å². The van der Waals surface area contributed by atoms with Crippen molar-refractivity contribution in [1.82, 2.24) is 0 Å². The summed E-state index contributed by atoms with van der Waals surface area (Å²) in [5, 5.41) is 0. The largest absolute Gasteiger partial charge is 0.497 e. The van der Waals surface area contributed by atoms with Crippen LogP contribution in [0.3, 0.4) is 0 Å². The molecule has 1 aliphatic rings. The minimum Gasteiger partial charge on any atom is -0.497 e. The SMILES string of the molecule is COc1ccc2c(c1)CCC(=Cc1cc(Br)ccc1F)C2=O. The third-order valence-electron chi connectivity index (χ3n) is 3.80. The Morgan fingerprint density at radius 1 is 1.18 bits per heavy atom. The molecule has 0 radical (unpaired) electrons. The molecule has 4 heteroatoms. The van der Waals surface area contributed by atoms with E-state index in [2.05, 4.69) is 15.9 Å². The first-order valence-corrected chi connectivity index (χ1v) is 7.75. The van der Waals surface area contributed by atoms with E-state index in [9.17, 15) is 9.18 Å². The minimum atomic E-state index is -0.330. The lowest BCUT2D eigenvalue weighted by atomic mass is 9.86. The molecule has 112 valence electrons. The number of Topliss-reactive ketones (excluding diaryl/α,β-unsaturated/α-hetero) is 1. The van der Waals surface area contributed by atoms with E-state index in [1.165, 1.54) is 6.07 Å². The number of allylic oxidation sites excluding steroid dienone is 1. The van der Waals surface area contributed by atoms with Gasteiger partial charge in [-0.25, -0.2) is 4.39 Å². The van der Waals surface area contributed by atoms with Gasteiger partial charge in [0.15, 0.2) is 5.78 Å². The molecular formula is C18H14BrFO2. The van der Waals surface area contributed by atoms with Gasteiger partial charge in [0.2, 0.25) is 0 Å². The first kappa shape index (κ1) is 15.0. The number of fused-ring (bicyclic) bond motifs is 1. The molecular weight excluding hydrogens is 347 g/mol. The van der Waals surface area contributed by atoms with Crippen LogP contribution in [0.2, 0.25) is 0 Å². The summed E-state index contributed by atoms with van der Waals surface area (Å²) >= 11 is 3.32. The van der Waals surface area contributed by atoms with Crippen LogP contribution in [0.4, 0.5) is 4.39 Å². The highest BCUT2D eigenvalue weighted by Gasteiger charge is 2.22. The maximum Gasteiger partial charge on any atom is 0.189 e. The van der Waals surface area contributed by atoms with Gasteiger partial charge in [-0.3, -0.25) is 4.79 Å². The lowest BCUT2D eigenvalue weighted by Gasteiger charge is -2.18. The molecule has 0 spiro atoms. The molecule has 2 nitrogen and oxygen atoms in total. The highest BCUT2D eigenvalue weighted by atomic mass is 79.9. The molecule has 2 aromatic rings. The number of carbonyl (C=O) groups excluding carboxylic acids is 1. The number of ketones is 1. The number of rotatable bonds is 2. The summed E-state index contributed by atoms with van der Waals surface area (Å²) in [5.74, 6) is 0.379. The van der Waals surface area contributed by atoms with Crippen molar-refractivity contribution >= 4 is 27.8 Å². The minimum absolute atomic E-state index is 0.0386. The Balaban J connectivity index is 1.99. The van der Waals surface area contributed by atoms with Crippen molar-refractivity contribution in [3.05, 3.63) is 69.0 Å². The van der Waals surface area contributed by atoms with Crippen molar-refractivity contribution in [2.75, 3.05) is 7.11 Å². The van der Waals surface area contributed by atoms with E-state index in [0.717, 1.165) is 22.2 Å². The standard InChI is InChI=1S/C18H14BrFO2/c1-22-15-5-6-16-11(10-15)2-3-12(18(16)21)8-13-9-14(19)4-7-17(13)20/h4-10H,2-3H2,1H3. The zero-order valence-corrected chi connectivity index (χ0v) is 13.6. The van der Waals surface area contributed by atoms with Crippen molar-refractivity contribution in [2.24, 2.45) is 0 Å². The van der Waals surface area contributed by atoms with Gasteiger partial charge in [-0.1, -0.05) is 15.9 Å². The predicted octanol–water partition coefficient (Wildman–Crippen LogP) is 4.81. The Labute approximate surface area is 136 Å². The zero-order chi connectivity index (χ0) is 15.7. The van der Waals surface area contributed by atoms with Crippen molar-refractivity contribution in [3.8, 4) is 5.75 Å². The molecule has 0 amide bonds. The van der Waals surface area contributed by atoms with Gasteiger partial charge in [-0.15, -0.1) is 0 Å². The number of ether oxygens (including phenoxy) is 1. The van der Waals surface area contributed by atoms with Gasteiger partial charge in [0.05, 0.1) is 7.11 Å². The fourth-order valence-corrected chi connectivity index (χ4v) is 3.01. The normalized spacial score (nSPS) is 15.8. The summed E-state index contributed by atoms with van der Waals surface area (Å²) in [7, 11) is 1.60. The molecule has 0 aromatic heterocycles. The summed E-state index contributed by atoms with van der Waals surface area (Å²) in [4.78, 5) is 12.6. The topological polar surface area (TPSA) is 26.3 Å². The quantitative estimate of drug-likeness (QED) is 0.718. The van der Waals surface area contributed by atoms with Crippen LogP contribution in [-0.4, -0.2) is 12.9 Å². The average molecular weight is 361 g/mol. The average Bonchev–Trinajstić information content (AvgIpc) is 2.53. The van der Waals surface area contributed by atoms with Crippen molar-refractivity contribution in [1.29, 1.82) is 0 Å². The van der Waals surface area contributed by atoms with E-state index < -0.39 is 0 Å². The lowest BCUT2D eigenvalue weighted by Crippen LogP contribution is -2.14. The monoisotopic (exact) mass is 360 g/mol. The number of hydrogen-bond donors (Lipinski definition) is 0. The third kappa shape index (κ3) is 2.83.